The predicted molar refractivity (Wildman–Crippen MR) is 33.8 cm³/mol. The van der Waals surface area contributed by atoms with E-state index in [0.29, 0.717) is 0 Å². The van der Waals surface area contributed by atoms with E-state index in [1.165, 1.54) is 0 Å². The summed E-state index contributed by atoms with van der Waals surface area (Å²) < 4.78 is 4.52. The molecule has 9 heavy (non-hydrogen) atoms. The van der Waals surface area contributed by atoms with Crippen molar-refractivity contribution in [2.45, 2.75) is 20.1 Å². The fourth-order valence-electron chi connectivity index (χ4n) is 0.503. The molecule has 4 nitrogen and oxygen atoms in total. The Hall–Kier alpha value is -0.770. The maximum Gasteiger partial charge on any atom is 0.406 e. The molecular weight excluding hydrogens is 120 g/mol. The largest absolute Gasteiger partial charge is 0.431 e. The van der Waals surface area contributed by atoms with Crippen LogP contribution in [0.1, 0.15) is 13.8 Å². The third kappa shape index (κ3) is 5.10. The van der Waals surface area contributed by atoms with Gasteiger partial charge in [-0.2, -0.15) is 0 Å². The Labute approximate surface area is 54.4 Å². The average molecular weight is 132 g/mol. The van der Waals surface area contributed by atoms with Crippen molar-refractivity contribution in [3.8, 4) is 0 Å². The minimum Gasteiger partial charge on any atom is -0.431 e. The lowest BCUT2D eigenvalue weighted by Crippen LogP contribution is -2.32. The van der Waals surface area contributed by atoms with Crippen molar-refractivity contribution in [3.63, 3.8) is 0 Å². The van der Waals surface area contributed by atoms with E-state index in [-0.39, 0.29) is 6.23 Å². The van der Waals surface area contributed by atoms with Gasteiger partial charge in [0.15, 0.2) is 6.23 Å². The molecule has 0 aromatic rings. The average Bonchev–Trinajstić information content (AvgIpc) is 1.63. The molecule has 0 heterocycles. The van der Waals surface area contributed by atoms with E-state index in [9.17, 15) is 4.79 Å². The summed E-state index contributed by atoms with van der Waals surface area (Å²) in [5.41, 5.74) is 4.72. The quantitative estimate of drug-likeness (QED) is 0.533. The number of rotatable bonds is 3. The highest BCUT2D eigenvalue weighted by Gasteiger charge is 2.00. The third-order valence-corrected chi connectivity index (χ3v) is 0.785. The van der Waals surface area contributed by atoms with Gasteiger partial charge in [-0.05, 0) is 13.5 Å². The summed E-state index contributed by atoms with van der Waals surface area (Å²) in [6, 6.07) is 0. The number of carbonyl (C=O) groups is 1. The standard InChI is InChI=1S/C5H12N2O2/c1-3-7-4(2)9-5(6)8/h4,7H,3H2,1-2H3,(H2,6,8). The van der Waals surface area contributed by atoms with Crippen LogP contribution in [-0.4, -0.2) is 18.9 Å². The van der Waals surface area contributed by atoms with Crippen LogP contribution in [0.25, 0.3) is 0 Å². The lowest BCUT2D eigenvalue weighted by atomic mass is 10.6. The van der Waals surface area contributed by atoms with Crippen LogP contribution in [0.15, 0.2) is 0 Å². The fourth-order valence-corrected chi connectivity index (χ4v) is 0.503. The molecule has 0 aromatic carbocycles. The zero-order valence-corrected chi connectivity index (χ0v) is 5.68. The molecule has 0 aliphatic heterocycles. The van der Waals surface area contributed by atoms with E-state index in [1.54, 1.807) is 6.92 Å². The first-order valence-corrected chi connectivity index (χ1v) is 2.86. The number of ether oxygens (including phenoxy) is 1. The maximum atomic E-state index is 10.0. The molecule has 0 aliphatic carbocycles. The zero-order valence-electron chi connectivity index (χ0n) is 5.68. The molecule has 54 valence electrons. The molecule has 4 heteroatoms. The number of carbonyl (C=O) groups excluding carboxylic acids is 1. The van der Waals surface area contributed by atoms with E-state index in [1.807, 2.05) is 6.92 Å². The van der Waals surface area contributed by atoms with Crippen molar-refractivity contribution < 1.29 is 9.53 Å². The smallest absolute Gasteiger partial charge is 0.406 e. The van der Waals surface area contributed by atoms with E-state index in [4.69, 9.17) is 5.73 Å². The molecule has 0 saturated carbocycles. The van der Waals surface area contributed by atoms with Crippen LogP contribution in [0.5, 0.6) is 0 Å². The Balaban J connectivity index is 3.26. The van der Waals surface area contributed by atoms with Gasteiger partial charge in [0.25, 0.3) is 0 Å². The molecule has 0 radical (unpaired) electrons. The summed E-state index contributed by atoms with van der Waals surface area (Å²) in [6.07, 6.45) is -1.03. The number of primary amides is 1. The van der Waals surface area contributed by atoms with E-state index >= 15 is 0 Å². The molecule has 0 bridgehead atoms. The lowest BCUT2D eigenvalue weighted by molar-refractivity contribution is 0.0982. The zero-order chi connectivity index (χ0) is 7.28. The highest BCUT2D eigenvalue weighted by molar-refractivity contribution is 5.64. The van der Waals surface area contributed by atoms with Crippen LogP contribution in [0.4, 0.5) is 4.79 Å². The van der Waals surface area contributed by atoms with Crippen molar-refractivity contribution in [1.29, 1.82) is 0 Å². The van der Waals surface area contributed by atoms with Crippen molar-refractivity contribution in [1.82, 2.24) is 5.32 Å². The lowest BCUT2D eigenvalue weighted by Gasteiger charge is -2.10. The summed E-state index contributed by atoms with van der Waals surface area (Å²) in [7, 11) is 0. The molecule has 1 amide bonds. The summed E-state index contributed by atoms with van der Waals surface area (Å²) >= 11 is 0. The first-order valence-electron chi connectivity index (χ1n) is 2.86. The Morgan fingerprint density at radius 2 is 2.44 bits per heavy atom. The summed E-state index contributed by atoms with van der Waals surface area (Å²) in [6.45, 7) is 4.39. The van der Waals surface area contributed by atoms with Gasteiger partial charge in [-0.3, -0.25) is 5.32 Å². The van der Waals surface area contributed by atoms with E-state index in [2.05, 4.69) is 10.1 Å². The summed E-state index contributed by atoms with van der Waals surface area (Å²) in [4.78, 5) is 10.0. The van der Waals surface area contributed by atoms with Gasteiger partial charge in [0.05, 0.1) is 0 Å². The van der Waals surface area contributed by atoms with Crippen LogP contribution in [0.3, 0.4) is 0 Å². The monoisotopic (exact) mass is 132 g/mol. The molecule has 0 aromatic heterocycles. The Bertz CT molecular complexity index is 95.0. The van der Waals surface area contributed by atoms with Gasteiger partial charge in [-0.1, -0.05) is 6.92 Å². The van der Waals surface area contributed by atoms with Crippen molar-refractivity contribution in [2.24, 2.45) is 5.73 Å². The predicted octanol–water partition coefficient (Wildman–Crippen LogP) is 0.0372. The van der Waals surface area contributed by atoms with Crippen LogP contribution in [-0.2, 0) is 4.74 Å². The van der Waals surface area contributed by atoms with Crippen LogP contribution in [0, 0.1) is 0 Å². The second-order valence-electron chi connectivity index (χ2n) is 1.64. The van der Waals surface area contributed by atoms with E-state index < -0.39 is 6.09 Å². The summed E-state index contributed by atoms with van der Waals surface area (Å²) in [5, 5.41) is 2.85. The fraction of sp³-hybridized carbons (Fsp3) is 0.800. The van der Waals surface area contributed by atoms with Crippen LogP contribution in [0.2, 0.25) is 0 Å². The normalized spacial score (nSPS) is 12.7. The molecule has 1 unspecified atom stereocenters. The second-order valence-corrected chi connectivity index (χ2v) is 1.64. The SMILES string of the molecule is CCNC(C)OC(N)=O. The van der Waals surface area contributed by atoms with Gasteiger partial charge in [0.1, 0.15) is 0 Å². The second kappa shape index (κ2) is 4.14. The number of amides is 1. The Kier molecular flexibility index (Phi) is 3.79. The van der Waals surface area contributed by atoms with Crippen molar-refractivity contribution in [3.05, 3.63) is 0 Å². The van der Waals surface area contributed by atoms with Gasteiger partial charge >= 0.3 is 6.09 Å². The highest BCUT2D eigenvalue weighted by atomic mass is 16.6. The van der Waals surface area contributed by atoms with E-state index in [0.717, 1.165) is 6.54 Å². The Morgan fingerprint density at radius 1 is 1.89 bits per heavy atom. The minimum absolute atomic E-state index is 0.285. The molecule has 0 aliphatic rings. The molecule has 0 fully saturated rings. The van der Waals surface area contributed by atoms with Crippen molar-refractivity contribution in [2.75, 3.05) is 6.54 Å². The highest BCUT2D eigenvalue weighted by Crippen LogP contribution is 1.82. The molecule has 0 spiro atoms. The number of hydrogen-bond donors (Lipinski definition) is 2. The molecule has 1 atom stereocenters. The minimum atomic E-state index is -0.747. The van der Waals surface area contributed by atoms with Crippen molar-refractivity contribution >= 4 is 6.09 Å². The van der Waals surface area contributed by atoms with Crippen LogP contribution < -0.4 is 11.1 Å². The van der Waals surface area contributed by atoms with Crippen LogP contribution >= 0.6 is 0 Å². The van der Waals surface area contributed by atoms with Gasteiger partial charge in [0, 0.05) is 0 Å². The molecular formula is C5H12N2O2. The van der Waals surface area contributed by atoms with Gasteiger partial charge in [0.2, 0.25) is 0 Å². The third-order valence-electron chi connectivity index (χ3n) is 0.785. The number of hydrogen-bond acceptors (Lipinski definition) is 3. The molecule has 0 rings (SSSR count). The number of nitrogens with one attached hydrogen (secondary N) is 1. The van der Waals surface area contributed by atoms with Gasteiger partial charge in [-0.25, -0.2) is 4.79 Å². The topological polar surface area (TPSA) is 64.3 Å². The molecule has 3 N–H and O–H groups in total. The Morgan fingerprint density at radius 3 is 2.78 bits per heavy atom. The van der Waals surface area contributed by atoms with Gasteiger partial charge in [-0.15, -0.1) is 0 Å². The molecule has 0 saturated heterocycles. The number of nitrogens with two attached hydrogens (primary N) is 1. The first kappa shape index (κ1) is 8.23. The maximum absolute atomic E-state index is 10.0. The summed E-state index contributed by atoms with van der Waals surface area (Å²) in [5.74, 6) is 0. The van der Waals surface area contributed by atoms with Gasteiger partial charge < -0.3 is 10.5 Å². The first-order chi connectivity index (χ1) is 4.16.